The Kier molecular flexibility index (Phi) is 7.65. The summed E-state index contributed by atoms with van der Waals surface area (Å²) >= 11 is 1.54. The Balaban J connectivity index is 1.73. The van der Waals surface area contributed by atoms with Crippen molar-refractivity contribution in [1.82, 2.24) is 14.8 Å². The van der Waals surface area contributed by atoms with Crippen LogP contribution in [0.25, 0.3) is 0 Å². The quantitative estimate of drug-likeness (QED) is 0.323. The van der Waals surface area contributed by atoms with Crippen molar-refractivity contribution in [3.63, 3.8) is 0 Å². The number of fused-ring (bicyclic) bond motifs is 1. The highest BCUT2D eigenvalue weighted by Gasteiger charge is 2.35. The topological polar surface area (TPSA) is 87.5 Å². The van der Waals surface area contributed by atoms with Crippen LogP contribution in [0.1, 0.15) is 43.5 Å². The standard InChI is InChI=1S/C26H30N4O4S/c1-6-33-21-14-19(11-12-20(21)34-15-18-10-8-9-16(3)13-18)23-22(24(31)32-5)17(4)27-25-28-26(35-7-2)29-30(23)25/h8-14,23H,6-7,15H2,1-5H3,(H,27,28,29). The molecular formula is C26H30N4O4S. The third-order valence-electron chi connectivity index (χ3n) is 5.57. The lowest BCUT2D eigenvalue weighted by Gasteiger charge is -2.28. The van der Waals surface area contributed by atoms with Gasteiger partial charge in [-0.3, -0.25) is 0 Å². The van der Waals surface area contributed by atoms with E-state index >= 15 is 0 Å². The van der Waals surface area contributed by atoms with Gasteiger partial charge in [0.1, 0.15) is 12.6 Å². The van der Waals surface area contributed by atoms with E-state index in [0.717, 1.165) is 16.9 Å². The molecule has 0 saturated heterocycles. The average Bonchev–Trinajstić information content (AvgIpc) is 3.24. The van der Waals surface area contributed by atoms with Crippen molar-refractivity contribution in [2.75, 3.05) is 24.8 Å². The van der Waals surface area contributed by atoms with Gasteiger partial charge in [0.2, 0.25) is 11.1 Å². The lowest BCUT2D eigenvalue weighted by atomic mass is 9.95. The van der Waals surface area contributed by atoms with E-state index in [1.165, 1.54) is 24.4 Å². The number of allylic oxidation sites excluding steroid dienone is 1. The molecule has 0 amide bonds. The van der Waals surface area contributed by atoms with Gasteiger partial charge >= 0.3 is 5.97 Å². The Morgan fingerprint density at radius 2 is 1.94 bits per heavy atom. The molecule has 1 atom stereocenters. The molecule has 9 heteroatoms. The van der Waals surface area contributed by atoms with E-state index in [9.17, 15) is 4.79 Å². The van der Waals surface area contributed by atoms with E-state index < -0.39 is 12.0 Å². The second-order valence-corrected chi connectivity index (χ2v) is 9.30. The van der Waals surface area contributed by atoms with Crippen LogP contribution in [0.3, 0.4) is 0 Å². The molecule has 1 aliphatic heterocycles. The minimum absolute atomic E-state index is 0.422. The smallest absolute Gasteiger partial charge is 0.338 e. The number of ether oxygens (including phenoxy) is 3. The van der Waals surface area contributed by atoms with Crippen molar-refractivity contribution in [3.8, 4) is 11.5 Å². The zero-order valence-electron chi connectivity index (χ0n) is 20.6. The Labute approximate surface area is 209 Å². The molecule has 1 N–H and O–H groups in total. The number of esters is 1. The van der Waals surface area contributed by atoms with Crippen LogP contribution in [0.4, 0.5) is 5.95 Å². The summed E-state index contributed by atoms with van der Waals surface area (Å²) in [5, 5.41) is 8.51. The summed E-state index contributed by atoms with van der Waals surface area (Å²) in [6, 6.07) is 13.4. The summed E-state index contributed by atoms with van der Waals surface area (Å²) in [6.07, 6.45) is 0. The SMILES string of the molecule is CCOc1cc(C2C(C(=O)OC)=C(C)Nc3nc(SCC)nn32)ccc1OCc1cccc(C)c1. The third kappa shape index (κ3) is 5.30. The van der Waals surface area contributed by atoms with Crippen molar-refractivity contribution < 1.29 is 19.0 Å². The fraction of sp³-hybridized carbons (Fsp3) is 0.346. The van der Waals surface area contributed by atoms with E-state index in [1.807, 2.05) is 51.1 Å². The maximum absolute atomic E-state index is 12.8. The minimum atomic E-state index is -0.526. The minimum Gasteiger partial charge on any atom is -0.490 e. The molecule has 2 aromatic carbocycles. The molecule has 2 heterocycles. The second kappa shape index (κ2) is 10.9. The van der Waals surface area contributed by atoms with E-state index in [2.05, 4.69) is 34.5 Å². The van der Waals surface area contributed by atoms with Crippen LogP contribution in [-0.2, 0) is 16.1 Å². The molecule has 0 aliphatic carbocycles. The van der Waals surface area contributed by atoms with Crippen LogP contribution in [0, 0.1) is 6.92 Å². The molecule has 1 aliphatic rings. The van der Waals surface area contributed by atoms with Crippen LogP contribution in [0.15, 0.2) is 58.9 Å². The highest BCUT2D eigenvalue weighted by molar-refractivity contribution is 7.99. The molecule has 0 spiro atoms. The number of methoxy groups -OCH3 is 1. The van der Waals surface area contributed by atoms with Gasteiger partial charge in [0.15, 0.2) is 11.5 Å². The number of hydrogen-bond acceptors (Lipinski definition) is 8. The number of aryl methyl sites for hydroxylation is 1. The highest BCUT2D eigenvalue weighted by atomic mass is 32.2. The number of carbonyl (C=O) groups is 1. The van der Waals surface area contributed by atoms with Gasteiger partial charge in [-0.2, -0.15) is 4.98 Å². The number of carbonyl (C=O) groups excluding carboxylic acids is 1. The van der Waals surface area contributed by atoms with Crippen molar-refractivity contribution in [1.29, 1.82) is 0 Å². The second-order valence-electron chi connectivity index (χ2n) is 8.07. The largest absolute Gasteiger partial charge is 0.490 e. The Morgan fingerprint density at radius 1 is 1.11 bits per heavy atom. The van der Waals surface area contributed by atoms with Crippen molar-refractivity contribution in [2.45, 2.75) is 45.5 Å². The molecule has 184 valence electrons. The molecule has 0 fully saturated rings. The number of hydrogen-bond donors (Lipinski definition) is 1. The molecule has 35 heavy (non-hydrogen) atoms. The molecule has 0 radical (unpaired) electrons. The van der Waals surface area contributed by atoms with Crippen LogP contribution >= 0.6 is 11.8 Å². The normalized spacial score (nSPS) is 14.8. The fourth-order valence-corrected chi connectivity index (χ4v) is 4.60. The van der Waals surface area contributed by atoms with Gasteiger partial charge in [-0.15, -0.1) is 5.10 Å². The van der Waals surface area contributed by atoms with Crippen LogP contribution in [0.5, 0.6) is 11.5 Å². The maximum atomic E-state index is 12.8. The first kappa shape index (κ1) is 24.7. The first-order chi connectivity index (χ1) is 16.9. The number of anilines is 1. The fourth-order valence-electron chi connectivity index (χ4n) is 4.05. The van der Waals surface area contributed by atoms with Gasteiger partial charge in [0.05, 0.1) is 19.3 Å². The monoisotopic (exact) mass is 494 g/mol. The maximum Gasteiger partial charge on any atom is 0.338 e. The zero-order chi connectivity index (χ0) is 24.9. The number of rotatable bonds is 9. The summed E-state index contributed by atoms with van der Waals surface area (Å²) in [4.78, 5) is 17.4. The van der Waals surface area contributed by atoms with Gasteiger partial charge in [-0.1, -0.05) is 54.6 Å². The Hall–Kier alpha value is -3.46. The summed E-state index contributed by atoms with van der Waals surface area (Å²) < 4.78 is 18.9. The Morgan fingerprint density at radius 3 is 2.66 bits per heavy atom. The number of aromatic nitrogens is 3. The van der Waals surface area contributed by atoms with E-state index in [-0.39, 0.29) is 0 Å². The molecule has 1 aromatic heterocycles. The van der Waals surface area contributed by atoms with Crippen molar-refractivity contribution in [3.05, 3.63) is 70.4 Å². The predicted octanol–water partition coefficient (Wildman–Crippen LogP) is 5.14. The van der Waals surface area contributed by atoms with E-state index in [4.69, 9.17) is 14.2 Å². The van der Waals surface area contributed by atoms with Crippen molar-refractivity contribution in [2.24, 2.45) is 0 Å². The lowest BCUT2D eigenvalue weighted by molar-refractivity contribution is -0.136. The van der Waals surface area contributed by atoms with Crippen LogP contribution in [-0.4, -0.2) is 40.2 Å². The van der Waals surface area contributed by atoms with Crippen molar-refractivity contribution >= 4 is 23.7 Å². The van der Waals surface area contributed by atoms with E-state index in [1.54, 1.807) is 4.68 Å². The average molecular weight is 495 g/mol. The third-order valence-corrected chi connectivity index (χ3v) is 6.29. The van der Waals surface area contributed by atoms with Gasteiger partial charge in [0.25, 0.3) is 0 Å². The van der Waals surface area contributed by atoms with Crippen LogP contribution < -0.4 is 14.8 Å². The summed E-state index contributed by atoms with van der Waals surface area (Å²) in [5.74, 6) is 2.22. The van der Waals surface area contributed by atoms with Gasteiger partial charge in [-0.05, 0) is 49.8 Å². The number of nitrogens with zero attached hydrogens (tertiary/aromatic N) is 3. The Bertz CT molecular complexity index is 1250. The first-order valence-corrected chi connectivity index (χ1v) is 12.5. The number of benzene rings is 2. The van der Waals surface area contributed by atoms with Gasteiger partial charge < -0.3 is 19.5 Å². The summed E-state index contributed by atoms with van der Waals surface area (Å²) in [7, 11) is 1.38. The molecule has 1 unspecified atom stereocenters. The van der Waals surface area contributed by atoms with Crippen LogP contribution in [0.2, 0.25) is 0 Å². The molecule has 8 nitrogen and oxygen atoms in total. The molecule has 0 bridgehead atoms. The lowest BCUT2D eigenvalue weighted by Crippen LogP contribution is -2.29. The molecule has 4 rings (SSSR count). The zero-order valence-corrected chi connectivity index (χ0v) is 21.4. The molecule has 0 saturated carbocycles. The van der Waals surface area contributed by atoms with Gasteiger partial charge in [0, 0.05) is 5.70 Å². The molecular weight excluding hydrogens is 464 g/mol. The molecule has 3 aromatic rings. The van der Waals surface area contributed by atoms with E-state index in [0.29, 0.717) is 47.1 Å². The summed E-state index contributed by atoms with van der Waals surface area (Å²) in [5.41, 5.74) is 4.21. The predicted molar refractivity (Wildman–Crippen MR) is 136 cm³/mol. The summed E-state index contributed by atoms with van der Waals surface area (Å²) in [6.45, 7) is 8.76. The number of nitrogens with one attached hydrogen (secondary N) is 1. The first-order valence-electron chi connectivity index (χ1n) is 11.6. The highest BCUT2D eigenvalue weighted by Crippen LogP contribution is 2.40. The van der Waals surface area contributed by atoms with Gasteiger partial charge in [-0.25, -0.2) is 9.48 Å². The number of thioether (sulfide) groups is 1.